The van der Waals surface area contributed by atoms with Gasteiger partial charge in [-0.15, -0.1) is 0 Å². The highest BCUT2D eigenvalue weighted by Gasteiger charge is 2.43. The molecule has 0 aliphatic carbocycles. The van der Waals surface area contributed by atoms with Crippen molar-refractivity contribution in [1.29, 1.82) is 0 Å². The molecule has 0 spiro atoms. The summed E-state index contributed by atoms with van der Waals surface area (Å²) in [5.74, 6) is 0. The first-order valence-corrected chi connectivity index (χ1v) is 29.5. The van der Waals surface area contributed by atoms with E-state index in [1.165, 1.54) is 154 Å². The molecule has 0 atom stereocenters. The molecular weight excluding hydrogens is 966 g/mol. The molecule has 4 heteroatoms. The maximum absolute atomic E-state index is 2.69. The number of aromatic nitrogens is 3. The molecule has 400 valence electrons. The minimum absolute atomic E-state index is 0.00175. The van der Waals surface area contributed by atoms with Gasteiger partial charge < -0.3 is 13.7 Å². The number of hydrogen-bond acceptors (Lipinski definition) is 0. The van der Waals surface area contributed by atoms with Crippen molar-refractivity contribution in [2.75, 3.05) is 0 Å². The molecule has 5 heterocycles. The first-order valence-electron chi connectivity index (χ1n) is 29.5. The Morgan fingerprint density at radius 3 is 1.01 bits per heavy atom. The second kappa shape index (κ2) is 16.2. The van der Waals surface area contributed by atoms with Crippen molar-refractivity contribution in [3.63, 3.8) is 0 Å². The third kappa shape index (κ3) is 7.32. The molecule has 2 aliphatic heterocycles. The van der Waals surface area contributed by atoms with Crippen LogP contribution >= 0.6 is 0 Å². The van der Waals surface area contributed by atoms with E-state index in [2.05, 4.69) is 284 Å². The maximum atomic E-state index is 2.69. The molecule has 80 heavy (non-hydrogen) atoms. The number of fused-ring (bicyclic) bond motifs is 14. The highest BCUT2D eigenvalue weighted by molar-refractivity contribution is 7.00. The fourth-order valence-electron chi connectivity index (χ4n) is 14.0. The summed E-state index contributed by atoms with van der Waals surface area (Å²) in [5.41, 5.74) is 26.0. The first-order chi connectivity index (χ1) is 37.5. The van der Waals surface area contributed by atoms with Gasteiger partial charge in [0, 0.05) is 60.1 Å². The SMILES string of the molecule is CC(C)(C)c1ccc2c(c1)c1cc(C(C)(C)C)ccc1n2-c1cccc2cccc(-c3cc4c5c(c3)-n3c6ccc(C(C)(C)C)cc6c6cc(C(C)(C)C)cc(c63)B5c3cc(C(C)(C)C)cc5c6cc(C(C)(C)C)ccc6n-4c35)c12. The Labute approximate surface area is 474 Å². The van der Waals surface area contributed by atoms with Crippen LogP contribution in [0.1, 0.15) is 158 Å². The molecule has 9 aromatic carbocycles. The Morgan fingerprint density at radius 2 is 0.637 bits per heavy atom. The van der Waals surface area contributed by atoms with Gasteiger partial charge >= 0.3 is 0 Å². The van der Waals surface area contributed by atoms with Crippen molar-refractivity contribution >= 4 is 99.3 Å². The van der Waals surface area contributed by atoms with Gasteiger partial charge in [0.25, 0.3) is 6.71 Å². The quantitative estimate of drug-likeness (QED) is 0.153. The van der Waals surface area contributed by atoms with E-state index >= 15 is 0 Å². The predicted octanol–water partition coefficient (Wildman–Crippen LogP) is 18.7. The average Bonchev–Trinajstić information content (AvgIpc) is 4.16. The van der Waals surface area contributed by atoms with Gasteiger partial charge in [-0.3, -0.25) is 0 Å². The van der Waals surface area contributed by atoms with Crippen molar-refractivity contribution in [3.05, 3.63) is 179 Å². The number of benzene rings is 9. The van der Waals surface area contributed by atoms with Crippen LogP contribution in [0.4, 0.5) is 0 Å². The van der Waals surface area contributed by atoms with Crippen LogP contribution in [-0.4, -0.2) is 20.4 Å². The van der Waals surface area contributed by atoms with Crippen molar-refractivity contribution in [1.82, 2.24) is 13.7 Å². The number of rotatable bonds is 2. The van der Waals surface area contributed by atoms with E-state index < -0.39 is 0 Å². The van der Waals surface area contributed by atoms with Gasteiger partial charge in [0.2, 0.25) is 0 Å². The lowest BCUT2D eigenvalue weighted by Gasteiger charge is -2.36. The molecular formula is C76H78BN3. The van der Waals surface area contributed by atoms with E-state index in [9.17, 15) is 0 Å². The zero-order valence-electron chi connectivity index (χ0n) is 50.8. The topological polar surface area (TPSA) is 14.8 Å². The monoisotopic (exact) mass is 1040 g/mol. The first kappa shape index (κ1) is 50.9. The minimum Gasteiger partial charge on any atom is -0.310 e. The Bertz CT molecular complexity index is 4440. The second-order valence-electron chi connectivity index (χ2n) is 30.4. The summed E-state index contributed by atoms with van der Waals surface area (Å²) in [6.07, 6.45) is 0. The molecule has 0 bridgehead atoms. The molecule has 12 aromatic rings. The fourth-order valence-corrected chi connectivity index (χ4v) is 14.0. The van der Waals surface area contributed by atoms with Crippen LogP contribution in [0.5, 0.6) is 0 Å². The lowest BCUT2D eigenvalue weighted by molar-refractivity contribution is 0.590. The largest absolute Gasteiger partial charge is 0.310 e. The molecule has 0 N–H and O–H groups in total. The van der Waals surface area contributed by atoms with Crippen LogP contribution in [0.15, 0.2) is 146 Å². The van der Waals surface area contributed by atoms with Gasteiger partial charge in [0.05, 0.1) is 27.8 Å². The van der Waals surface area contributed by atoms with Crippen LogP contribution in [0, 0.1) is 0 Å². The Kier molecular flexibility index (Phi) is 10.3. The number of nitrogens with zero attached hydrogens (tertiary/aromatic N) is 3. The molecule has 3 aromatic heterocycles. The van der Waals surface area contributed by atoms with E-state index in [4.69, 9.17) is 0 Å². The van der Waals surface area contributed by atoms with Gasteiger partial charge in [-0.1, -0.05) is 191 Å². The molecule has 0 saturated carbocycles. The van der Waals surface area contributed by atoms with Crippen LogP contribution in [-0.2, 0) is 32.5 Å². The molecule has 3 nitrogen and oxygen atoms in total. The van der Waals surface area contributed by atoms with Crippen molar-refractivity contribution in [3.8, 4) is 28.2 Å². The summed E-state index contributed by atoms with van der Waals surface area (Å²) >= 11 is 0. The predicted molar refractivity (Wildman–Crippen MR) is 349 cm³/mol. The summed E-state index contributed by atoms with van der Waals surface area (Å²) in [6, 6.07) is 58.6. The zero-order chi connectivity index (χ0) is 56.4. The third-order valence-electron chi connectivity index (χ3n) is 18.7. The Morgan fingerprint density at radius 1 is 0.300 bits per heavy atom. The Balaban J connectivity index is 1.16. The Hall–Kier alpha value is -7.30. The van der Waals surface area contributed by atoms with Crippen LogP contribution in [0.25, 0.3) is 104 Å². The second-order valence-corrected chi connectivity index (χ2v) is 30.4. The van der Waals surface area contributed by atoms with E-state index in [0.29, 0.717) is 0 Å². The van der Waals surface area contributed by atoms with Gasteiger partial charge in [-0.05, 0) is 178 Å². The van der Waals surface area contributed by atoms with Gasteiger partial charge in [0.1, 0.15) is 0 Å². The van der Waals surface area contributed by atoms with Crippen molar-refractivity contribution < 1.29 is 0 Å². The van der Waals surface area contributed by atoms with E-state index in [1.54, 1.807) is 0 Å². The highest BCUT2D eigenvalue weighted by Crippen LogP contribution is 2.47. The maximum Gasteiger partial charge on any atom is 0.252 e. The third-order valence-corrected chi connectivity index (χ3v) is 18.7. The average molecular weight is 1040 g/mol. The van der Waals surface area contributed by atoms with Crippen LogP contribution in [0.3, 0.4) is 0 Å². The zero-order valence-corrected chi connectivity index (χ0v) is 50.8. The standard InChI is InChI=1S/C76H78BN3/c1-71(2,3)45-25-29-60-52(35-45)53-36-46(72(4,5)6)26-30-61(53)78(60)64-24-20-22-43-21-19-23-51(67(43)64)44-33-65-68-66(34-44)80-63-32-28-48(74(10,11)12)38-55(63)57-40-50(76(16,17)18)42-59(70(57)80)77(68)58-41-49(75(13,14)15)39-56-54-37-47(73(7,8)9)27-31-62(54)79(65)69(56)58/h19-42H,1-18H3. The minimum atomic E-state index is -0.0740. The van der Waals surface area contributed by atoms with E-state index in [0.717, 1.165) is 0 Å². The lowest BCUT2D eigenvalue weighted by atomic mass is 9.33. The number of hydrogen-bond donors (Lipinski definition) is 0. The van der Waals surface area contributed by atoms with Crippen molar-refractivity contribution in [2.45, 2.75) is 157 Å². The summed E-state index contributed by atoms with van der Waals surface area (Å²) in [6.45, 7) is 42.4. The fraction of sp³-hybridized carbons (Fsp3) is 0.316. The molecule has 0 saturated heterocycles. The van der Waals surface area contributed by atoms with Crippen molar-refractivity contribution in [2.24, 2.45) is 0 Å². The van der Waals surface area contributed by atoms with E-state index in [1.807, 2.05) is 0 Å². The molecule has 0 unspecified atom stereocenters. The van der Waals surface area contributed by atoms with Gasteiger partial charge in [0.15, 0.2) is 0 Å². The van der Waals surface area contributed by atoms with Gasteiger partial charge in [-0.2, -0.15) is 0 Å². The van der Waals surface area contributed by atoms with Crippen LogP contribution < -0.4 is 16.4 Å². The molecule has 0 radical (unpaired) electrons. The summed E-state index contributed by atoms with van der Waals surface area (Å²) in [4.78, 5) is 0. The molecule has 0 amide bonds. The lowest BCUT2D eigenvalue weighted by Crippen LogP contribution is -2.59. The molecule has 0 fully saturated rings. The summed E-state index contributed by atoms with van der Waals surface area (Å²) in [5, 5.41) is 10.4. The van der Waals surface area contributed by atoms with Gasteiger partial charge in [-0.25, -0.2) is 0 Å². The van der Waals surface area contributed by atoms with Crippen LogP contribution in [0.2, 0.25) is 0 Å². The summed E-state index contributed by atoms with van der Waals surface area (Å²) < 4.78 is 7.95. The summed E-state index contributed by atoms with van der Waals surface area (Å²) in [7, 11) is 0. The molecule has 2 aliphatic rings. The smallest absolute Gasteiger partial charge is 0.252 e. The molecule has 14 rings (SSSR count). The normalized spacial score (nSPS) is 14.1. The highest BCUT2D eigenvalue weighted by atomic mass is 15.0. The van der Waals surface area contributed by atoms with E-state index in [-0.39, 0.29) is 39.2 Å².